The number of benzene rings is 1. The molecular weight excluding hydrogens is 376 g/mol. The third kappa shape index (κ3) is 3.13. The molecule has 3 atom stereocenters. The third-order valence-corrected chi connectivity index (χ3v) is 7.41. The molecule has 2 aromatic rings. The van der Waals surface area contributed by atoms with Crippen molar-refractivity contribution in [2.24, 2.45) is 11.3 Å². The molecule has 1 aliphatic heterocycles. The van der Waals surface area contributed by atoms with E-state index < -0.39 is 0 Å². The smallest absolute Gasteiger partial charge is 0.315 e. The van der Waals surface area contributed by atoms with Crippen LogP contribution >= 0.6 is 0 Å². The summed E-state index contributed by atoms with van der Waals surface area (Å²) in [5.74, 6) is 0.218. The summed E-state index contributed by atoms with van der Waals surface area (Å²) < 4.78 is 2.25. The minimum atomic E-state index is -0.312. The molecule has 0 bridgehead atoms. The summed E-state index contributed by atoms with van der Waals surface area (Å²) in [7, 11) is 0. The summed E-state index contributed by atoms with van der Waals surface area (Å²) in [6.07, 6.45) is 8.36. The van der Waals surface area contributed by atoms with Crippen LogP contribution < -0.4 is 10.6 Å². The molecule has 1 aromatic heterocycles. The van der Waals surface area contributed by atoms with Crippen LogP contribution in [0.3, 0.4) is 0 Å². The Bertz CT molecular complexity index is 952. The Hall–Kier alpha value is -2.34. The Morgan fingerprint density at radius 3 is 2.67 bits per heavy atom. The molecule has 160 valence electrons. The van der Waals surface area contributed by atoms with E-state index in [2.05, 4.69) is 44.5 Å². The Morgan fingerprint density at radius 2 is 1.97 bits per heavy atom. The monoisotopic (exact) mass is 408 g/mol. The fraction of sp³-hybridized carbons (Fsp3) is 0.583. The van der Waals surface area contributed by atoms with Crippen molar-refractivity contribution in [3.8, 4) is 11.3 Å². The summed E-state index contributed by atoms with van der Waals surface area (Å²) in [6, 6.07) is 8.78. The number of amides is 2. The standard InChI is InChI=1S/C24H32N4O2/c1-23(2,3)27-22(30)26-15-8-10-24(11-9-15)12-18(21(24)29)20-17-7-5-4-6-16(17)19-13-25-14-28(19)20/h4-7,13-15,18,20-21,29H,8-12H2,1-3H3,(H2,26,27,30)/t15?,18-,20+,21+,24?/m0/s1. The van der Waals surface area contributed by atoms with E-state index >= 15 is 0 Å². The zero-order chi connectivity index (χ0) is 21.1. The molecule has 0 unspecified atom stereocenters. The highest BCUT2D eigenvalue weighted by atomic mass is 16.3. The van der Waals surface area contributed by atoms with Gasteiger partial charge in [-0.25, -0.2) is 9.78 Å². The first-order chi connectivity index (χ1) is 14.3. The van der Waals surface area contributed by atoms with E-state index in [9.17, 15) is 9.90 Å². The maximum Gasteiger partial charge on any atom is 0.315 e. The largest absolute Gasteiger partial charge is 0.392 e. The van der Waals surface area contributed by atoms with E-state index in [0.29, 0.717) is 0 Å². The molecule has 6 nitrogen and oxygen atoms in total. The SMILES string of the molecule is CC(C)(C)NC(=O)NC1CCC2(CC1)C[C@@H]([C@H]1c3ccccc3-c3cncn31)[C@H]2O. The van der Waals surface area contributed by atoms with Gasteiger partial charge >= 0.3 is 6.03 Å². The number of nitrogens with one attached hydrogen (secondary N) is 2. The molecule has 3 aliphatic rings. The third-order valence-electron chi connectivity index (χ3n) is 7.41. The fourth-order valence-corrected chi connectivity index (χ4v) is 5.99. The molecule has 2 saturated carbocycles. The molecule has 0 saturated heterocycles. The Morgan fingerprint density at radius 1 is 1.23 bits per heavy atom. The Labute approximate surface area is 178 Å². The van der Waals surface area contributed by atoms with Crippen molar-refractivity contribution >= 4 is 6.03 Å². The lowest BCUT2D eigenvalue weighted by Gasteiger charge is -2.57. The summed E-state index contributed by atoms with van der Waals surface area (Å²) in [5, 5.41) is 17.4. The van der Waals surface area contributed by atoms with Gasteiger partial charge in [0.1, 0.15) is 0 Å². The van der Waals surface area contributed by atoms with Crippen molar-refractivity contribution in [3.05, 3.63) is 42.4 Å². The molecule has 1 spiro atoms. The number of hydrogen-bond acceptors (Lipinski definition) is 3. The lowest BCUT2D eigenvalue weighted by atomic mass is 9.51. The van der Waals surface area contributed by atoms with Crippen molar-refractivity contribution in [1.82, 2.24) is 20.2 Å². The van der Waals surface area contributed by atoms with Gasteiger partial charge in [0.15, 0.2) is 0 Å². The van der Waals surface area contributed by atoms with Crippen LogP contribution in [0.15, 0.2) is 36.8 Å². The molecule has 30 heavy (non-hydrogen) atoms. The molecule has 0 radical (unpaired) electrons. The number of imidazole rings is 1. The van der Waals surface area contributed by atoms with Crippen LogP contribution in [0.1, 0.15) is 64.5 Å². The highest BCUT2D eigenvalue weighted by Crippen LogP contribution is 2.60. The van der Waals surface area contributed by atoms with Crippen molar-refractivity contribution in [2.75, 3.05) is 0 Å². The van der Waals surface area contributed by atoms with E-state index in [1.165, 1.54) is 11.1 Å². The first-order valence-electron chi connectivity index (χ1n) is 11.2. The van der Waals surface area contributed by atoms with Gasteiger partial charge in [0.05, 0.1) is 30.4 Å². The number of urea groups is 1. The first kappa shape index (κ1) is 19.6. The second-order valence-electron chi connectivity index (χ2n) is 10.5. The number of aliphatic hydroxyl groups is 1. The summed E-state index contributed by atoms with van der Waals surface area (Å²) in [4.78, 5) is 16.6. The number of aromatic nitrogens is 2. The average molecular weight is 409 g/mol. The predicted octanol–water partition coefficient (Wildman–Crippen LogP) is 3.86. The average Bonchev–Trinajstić information content (AvgIpc) is 3.27. The lowest BCUT2D eigenvalue weighted by Crippen LogP contribution is -2.58. The molecule has 2 amide bonds. The van der Waals surface area contributed by atoms with Crippen molar-refractivity contribution in [2.45, 2.75) is 76.6 Å². The molecular formula is C24H32N4O2. The van der Waals surface area contributed by atoms with Crippen molar-refractivity contribution in [1.29, 1.82) is 0 Å². The van der Waals surface area contributed by atoms with Gasteiger partial charge in [-0.3, -0.25) is 0 Å². The lowest BCUT2D eigenvalue weighted by molar-refractivity contribution is -0.152. The number of hydrogen-bond donors (Lipinski definition) is 3. The van der Waals surface area contributed by atoms with Gasteiger partial charge in [0.25, 0.3) is 0 Å². The maximum absolute atomic E-state index is 12.2. The molecule has 2 fully saturated rings. The van der Waals surface area contributed by atoms with Gasteiger partial charge in [-0.1, -0.05) is 24.3 Å². The normalized spacial score (nSPS) is 32.3. The van der Waals surface area contributed by atoms with Gasteiger partial charge < -0.3 is 20.3 Å². The number of carbonyl (C=O) groups excluding carboxylic acids is 1. The summed E-state index contributed by atoms with van der Waals surface area (Å²) in [5.41, 5.74) is 3.47. The minimum absolute atomic E-state index is 0.00162. The van der Waals surface area contributed by atoms with E-state index in [0.717, 1.165) is 37.8 Å². The van der Waals surface area contributed by atoms with E-state index in [4.69, 9.17) is 0 Å². The first-order valence-corrected chi connectivity index (χ1v) is 11.2. The van der Waals surface area contributed by atoms with Gasteiger partial charge in [-0.05, 0) is 63.9 Å². The number of carbonyl (C=O) groups is 1. The van der Waals surface area contributed by atoms with E-state index in [1.807, 2.05) is 33.3 Å². The van der Waals surface area contributed by atoms with Crippen LogP contribution in [0.5, 0.6) is 0 Å². The molecule has 2 aliphatic carbocycles. The van der Waals surface area contributed by atoms with Crippen LogP contribution in [0.4, 0.5) is 4.79 Å². The molecule has 3 N–H and O–H groups in total. The number of rotatable bonds is 2. The predicted molar refractivity (Wildman–Crippen MR) is 116 cm³/mol. The quantitative estimate of drug-likeness (QED) is 0.706. The van der Waals surface area contributed by atoms with Crippen LogP contribution in [0.2, 0.25) is 0 Å². The topological polar surface area (TPSA) is 79.2 Å². The van der Waals surface area contributed by atoms with Gasteiger partial charge in [0, 0.05) is 23.1 Å². The number of aliphatic hydroxyl groups excluding tert-OH is 1. The van der Waals surface area contributed by atoms with Crippen LogP contribution in [0.25, 0.3) is 11.3 Å². The summed E-state index contributed by atoms with van der Waals surface area (Å²) >= 11 is 0. The molecule has 1 aromatic carbocycles. The van der Waals surface area contributed by atoms with Gasteiger partial charge in [-0.2, -0.15) is 0 Å². The second kappa shape index (κ2) is 6.84. The molecule has 2 heterocycles. The van der Waals surface area contributed by atoms with Gasteiger partial charge in [-0.15, -0.1) is 0 Å². The number of fused-ring (bicyclic) bond motifs is 3. The highest BCUT2D eigenvalue weighted by Gasteiger charge is 2.57. The number of nitrogens with zero attached hydrogens (tertiary/aromatic N) is 2. The van der Waals surface area contributed by atoms with Crippen molar-refractivity contribution < 1.29 is 9.90 Å². The maximum atomic E-state index is 12.2. The fourth-order valence-electron chi connectivity index (χ4n) is 5.99. The van der Waals surface area contributed by atoms with E-state index in [1.54, 1.807) is 0 Å². The molecule has 6 heteroatoms. The van der Waals surface area contributed by atoms with Crippen LogP contribution in [0, 0.1) is 11.3 Å². The van der Waals surface area contributed by atoms with E-state index in [-0.39, 0.29) is 41.1 Å². The molecule has 5 rings (SSSR count). The van der Waals surface area contributed by atoms with Crippen LogP contribution in [-0.4, -0.2) is 38.4 Å². The zero-order valence-corrected chi connectivity index (χ0v) is 18.1. The zero-order valence-electron chi connectivity index (χ0n) is 18.1. The van der Waals surface area contributed by atoms with Crippen LogP contribution in [-0.2, 0) is 0 Å². The minimum Gasteiger partial charge on any atom is -0.392 e. The second-order valence-corrected chi connectivity index (χ2v) is 10.5. The summed E-state index contributed by atoms with van der Waals surface area (Å²) in [6.45, 7) is 5.96. The van der Waals surface area contributed by atoms with Gasteiger partial charge in [0.2, 0.25) is 0 Å². The highest BCUT2D eigenvalue weighted by molar-refractivity contribution is 5.75. The van der Waals surface area contributed by atoms with Crippen molar-refractivity contribution in [3.63, 3.8) is 0 Å². The Kier molecular flexibility index (Phi) is 4.47. The Balaban J connectivity index is 1.24.